The third-order valence-electron chi connectivity index (χ3n) is 3.48. The van der Waals surface area contributed by atoms with Gasteiger partial charge < -0.3 is 10.8 Å². The van der Waals surface area contributed by atoms with E-state index in [1.165, 1.54) is 33.8 Å². The molecule has 0 saturated carbocycles. The molecule has 0 spiro atoms. The maximum Gasteiger partial charge on any atom is 0.268 e. The van der Waals surface area contributed by atoms with Crippen LogP contribution in [0, 0.1) is 5.82 Å². The van der Waals surface area contributed by atoms with E-state index < -0.39 is 5.82 Å². The Kier molecular flexibility index (Phi) is 3.98. The number of hydrogen-bond acceptors (Lipinski definition) is 7. The maximum atomic E-state index is 13.9. The minimum atomic E-state index is -0.424. The van der Waals surface area contributed by atoms with Crippen LogP contribution < -0.4 is 11.4 Å². The molecule has 126 valence electrons. The van der Waals surface area contributed by atoms with E-state index >= 15 is 0 Å². The minimum Gasteiger partial charge on any atom is -0.335 e. The Morgan fingerprint density at radius 1 is 1.28 bits per heavy atom. The molecule has 0 aliphatic heterocycles. The van der Waals surface area contributed by atoms with Crippen LogP contribution >= 0.6 is 23.1 Å². The lowest BCUT2D eigenvalue weighted by Gasteiger charge is -2.04. The van der Waals surface area contributed by atoms with E-state index in [2.05, 4.69) is 20.2 Å². The van der Waals surface area contributed by atoms with E-state index in [1.54, 1.807) is 24.3 Å². The van der Waals surface area contributed by atoms with Crippen LogP contribution in [-0.4, -0.2) is 24.8 Å². The third-order valence-corrected chi connectivity index (χ3v) is 5.34. The number of nitrogens with zero attached hydrogens (tertiary/aromatic N) is 4. The first-order valence-electron chi connectivity index (χ1n) is 7.18. The van der Waals surface area contributed by atoms with E-state index in [9.17, 15) is 9.18 Å². The lowest BCUT2D eigenvalue weighted by molar-refractivity contribution is 0.629. The summed E-state index contributed by atoms with van der Waals surface area (Å²) in [6.45, 7) is 0. The van der Waals surface area contributed by atoms with Gasteiger partial charge in [-0.3, -0.25) is 4.79 Å². The van der Waals surface area contributed by atoms with Gasteiger partial charge in [-0.2, -0.15) is 0 Å². The van der Waals surface area contributed by atoms with Gasteiger partial charge in [-0.25, -0.2) is 14.1 Å². The van der Waals surface area contributed by atoms with Gasteiger partial charge in [0.25, 0.3) is 5.56 Å². The molecule has 0 amide bonds. The molecule has 3 aromatic heterocycles. The van der Waals surface area contributed by atoms with Crippen molar-refractivity contribution in [1.29, 1.82) is 0 Å². The highest BCUT2D eigenvalue weighted by atomic mass is 32.2. The van der Waals surface area contributed by atoms with Crippen molar-refractivity contribution in [3.05, 3.63) is 57.7 Å². The van der Waals surface area contributed by atoms with Gasteiger partial charge in [-0.15, -0.1) is 21.5 Å². The number of halogens is 1. The molecule has 0 radical (unpaired) electrons. The highest BCUT2D eigenvalue weighted by molar-refractivity contribution is 7.98. The van der Waals surface area contributed by atoms with Crippen molar-refractivity contribution >= 4 is 33.3 Å². The van der Waals surface area contributed by atoms with Gasteiger partial charge in [0.2, 0.25) is 5.16 Å². The van der Waals surface area contributed by atoms with E-state index in [4.69, 9.17) is 5.84 Å². The van der Waals surface area contributed by atoms with E-state index in [1.807, 2.05) is 5.38 Å². The van der Waals surface area contributed by atoms with E-state index in [0.29, 0.717) is 27.0 Å². The SMILES string of the molecule is Nn1c(SCc2nc3ccsc3c(=O)[nH]2)nnc1-c1ccccc1F. The van der Waals surface area contributed by atoms with Crippen molar-refractivity contribution in [3.63, 3.8) is 0 Å². The number of benzene rings is 1. The number of fused-ring (bicyclic) bond motifs is 1. The Hall–Kier alpha value is -2.72. The average molecular weight is 374 g/mol. The smallest absolute Gasteiger partial charge is 0.268 e. The van der Waals surface area contributed by atoms with Gasteiger partial charge in [-0.1, -0.05) is 23.9 Å². The molecule has 0 saturated heterocycles. The van der Waals surface area contributed by atoms with Gasteiger partial charge >= 0.3 is 0 Å². The molecule has 4 aromatic rings. The maximum absolute atomic E-state index is 13.9. The Labute approximate surface area is 148 Å². The lowest BCUT2D eigenvalue weighted by Crippen LogP contribution is -2.13. The molecule has 0 unspecified atom stereocenters. The summed E-state index contributed by atoms with van der Waals surface area (Å²) in [4.78, 5) is 19.1. The summed E-state index contributed by atoms with van der Waals surface area (Å²) in [6, 6.07) is 8.01. The standard InChI is InChI=1S/C15H11FN6OS2/c16-9-4-2-1-3-8(9)13-20-21-15(22(13)17)25-7-11-18-10-5-6-24-12(10)14(23)19-11/h1-6H,7,17H2,(H,18,19,23). The predicted octanol–water partition coefficient (Wildman–Crippen LogP) is 2.39. The zero-order chi connectivity index (χ0) is 17.4. The monoisotopic (exact) mass is 374 g/mol. The molecule has 25 heavy (non-hydrogen) atoms. The normalized spacial score (nSPS) is 11.2. The van der Waals surface area contributed by atoms with Crippen LogP contribution in [0.3, 0.4) is 0 Å². The van der Waals surface area contributed by atoms with Crippen molar-refractivity contribution in [2.24, 2.45) is 0 Å². The first-order chi connectivity index (χ1) is 12.1. The number of nitrogens with one attached hydrogen (secondary N) is 1. The van der Waals surface area contributed by atoms with Crippen molar-refractivity contribution in [2.75, 3.05) is 5.84 Å². The third kappa shape index (κ3) is 2.89. The van der Waals surface area contributed by atoms with Crippen LogP contribution in [0.15, 0.2) is 45.7 Å². The van der Waals surface area contributed by atoms with Gasteiger partial charge in [0, 0.05) is 0 Å². The average Bonchev–Trinajstić information content (AvgIpc) is 3.21. The van der Waals surface area contributed by atoms with Gasteiger partial charge in [0.1, 0.15) is 16.3 Å². The molecular formula is C15H11FN6OS2. The first-order valence-corrected chi connectivity index (χ1v) is 9.04. The van der Waals surface area contributed by atoms with E-state index in [-0.39, 0.29) is 16.9 Å². The quantitative estimate of drug-likeness (QED) is 0.420. The number of H-pyrrole nitrogens is 1. The summed E-state index contributed by atoms with van der Waals surface area (Å²) in [7, 11) is 0. The van der Waals surface area contributed by atoms with Crippen molar-refractivity contribution in [2.45, 2.75) is 10.9 Å². The second-order valence-corrected chi connectivity index (χ2v) is 6.95. The highest BCUT2D eigenvalue weighted by Gasteiger charge is 2.16. The molecule has 3 heterocycles. The summed E-state index contributed by atoms with van der Waals surface area (Å²) in [6.07, 6.45) is 0. The van der Waals surface area contributed by atoms with Gasteiger partial charge in [0.15, 0.2) is 5.82 Å². The number of rotatable bonds is 4. The Bertz CT molecular complexity index is 1120. The Morgan fingerprint density at radius 2 is 2.12 bits per heavy atom. The first kappa shape index (κ1) is 15.8. The molecule has 7 nitrogen and oxygen atoms in total. The van der Waals surface area contributed by atoms with Gasteiger partial charge in [-0.05, 0) is 23.6 Å². The molecule has 0 fully saturated rings. The number of thiophene rings is 1. The number of aromatic amines is 1. The predicted molar refractivity (Wildman–Crippen MR) is 95.4 cm³/mol. The number of thioether (sulfide) groups is 1. The summed E-state index contributed by atoms with van der Waals surface area (Å²) in [5.74, 6) is 6.66. The summed E-state index contributed by atoms with van der Waals surface area (Å²) < 4.78 is 15.7. The number of nitrogens with two attached hydrogens (primary N) is 1. The topological polar surface area (TPSA) is 102 Å². The molecular weight excluding hydrogens is 363 g/mol. The van der Waals surface area contributed by atoms with Crippen LogP contribution in [-0.2, 0) is 5.75 Å². The van der Waals surface area contributed by atoms with Crippen LogP contribution in [0.4, 0.5) is 4.39 Å². The van der Waals surface area contributed by atoms with Crippen LogP contribution in [0.5, 0.6) is 0 Å². The van der Waals surface area contributed by atoms with Crippen LogP contribution in [0.25, 0.3) is 21.6 Å². The highest BCUT2D eigenvalue weighted by Crippen LogP contribution is 2.25. The summed E-state index contributed by atoms with van der Waals surface area (Å²) >= 11 is 2.60. The Morgan fingerprint density at radius 3 is 2.96 bits per heavy atom. The molecule has 4 rings (SSSR count). The van der Waals surface area contributed by atoms with Crippen molar-refractivity contribution in [3.8, 4) is 11.4 Å². The number of hydrogen-bond donors (Lipinski definition) is 2. The minimum absolute atomic E-state index is 0.170. The fourth-order valence-electron chi connectivity index (χ4n) is 2.32. The number of aromatic nitrogens is 5. The van der Waals surface area contributed by atoms with E-state index in [0.717, 1.165) is 0 Å². The van der Waals surface area contributed by atoms with Crippen LogP contribution in [0.1, 0.15) is 5.82 Å². The molecule has 0 bridgehead atoms. The fraction of sp³-hybridized carbons (Fsp3) is 0.0667. The molecule has 0 atom stereocenters. The van der Waals surface area contributed by atoms with Crippen LogP contribution in [0.2, 0.25) is 0 Å². The largest absolute Gasteiger partial charge is 0.335 e. The molecule has 0 aliphatic rings. The summed E-state index contributed by atoms with van der Waals surface area (Å²) in [5.41, 5.74) is 0.762. The number of nitrogen functional groups attached to an aromatic ring is 1. The fourth-order valence-corrected chi connectivity index (χ4v) is 3.78. The molecule has 3 N–H and O–H groups in total. The van der Waals surface area contributed by atoms with Gasteiger partial charge in [0.05, 0.1) is 16.8 Å². The molecule has 10 heteroatoms. The van der Waals surface area contributed by atoms with Crippen molar-refractivity contribution < 1.29 is 4.39 Å². The van der Waals surface area contributed by atoms with Crippen molar-refractivity contribution in [1.82, 2.24) is 24.8 Å². The Balaban J connectivity index is 1.59. The second kappa shape index (κ2) is 6.30. The molecule has 1 aromatic carbocycles. The lowest BCUT2D eigenvalue weighted by atomic mass is 10.2. The second-order valence-electron chi connectivity index (χ2n) is 5.09. The zero-order valence-corrected chi connectivity index (χ0v) is 14.3. The molecule has 0 aliphatic carbocycles. The zero-order valence-electron chi connectivity index (χ0n) is 12.6. The summed E-state index contributed by atoms with van der Waals surface area (Å²) in [5, 5.41) is 10.2.